The zero-order chi connectivity index (χ0) is 31.4. The van der Waals surface area contributed by atoms with Gasteiger partial charge in [-0.3, -0.25) is 4.57 Å². The number of aromatic nitrogens is 4. The van der Waals surface area contributed by atoms with Crippen molar-refractivity contribution in [2.45, 2.75) is 6.10 Å². The lowest BCUT2D eigenvalue weighted by atomic mass is 10.1. The van der Waals surface area contributed by atoms with Gasteiger partial charge in [0, 0.05) is 12.6 Å². The van der Waals surface area contributed by atoms with Gasteiger partial charge >= 0.3 is 0 Å². The zero-order valence-electron chi connectivity index (χ0n) is 24.9. The summed E-state index contributed by atoms with van der Waals surface area (Å²) >= 11 is 0. The second kappa shape index (κ2) is 13.2. The van der Waals surface area contributed by atoms with Crippen molar-refractivity contribution < 1.29 is 32.1 Å². The molecule has 4 aromatic rings. The third kappa shape index (κ3) is 7.37. The molecule has 2 aromatic carbocycles. The maximum absolute atomic E-state index is 14.2. The number of aliphatic hydroxyl groups is 1. The van der Waals surface area contributed by atoms with Crippen LogP contribution in [0.1, 0.15) is 11.7 Å². The first-order chi connectivity index (χ1) is 20.4. The van der Waals surface area contributed by atoms with E-state index in [0.717, 1.165) is 4.31 Å². The van der Waals surface area contributed by atoms with Crippen LogP contribution in [0.5, 0.6) is 17.4 Å². The topological polar surface area (TPSA) is 129 Å². The molecule has 0 aliphatic carbocycles. The second-order valence-corrected chi connectivity index (χ2v) is 17.0. The number of ether oxygens (including phenoxy) is 3. The van der Waals surface area contributed by atoms with Crippen molar-refractivity contribution in [2.75, 3.05) is 62.5 Å². The highest BCUT2D eigenvalue weighted by Crippen LogP contribution is 2.40. The molecule has 14 heteroatoms. The lowest BCUT2D eigenvalue weighted by molar-refractivity contribution is 0.201. The molecular weight excluding hydrogens is 597 g/mol. The maximum atomic E-state index is 14.2. The molecular formula is C29H36FN5O6S2. The molecule has 0 amide bonds. The third-order valence-electron chi connectivity index (χ3n) is 6.52. The molecule has 0 aliphatic rings. The molecule has 0 bridgehead atoms. The first-order valence-corrected chi connectivity index (χ1v) is 17.8. The highest BCUT2D eigenvalue weighted by atomic mass is 32.3. The zero-order valence-corrected chi connectivity index (χ0v) is 26.5. The number of anilines is 1. The van der Waals surface area contributed by atoms with Crippen LogP contribution < -0.4 is 18.5 Å². The van der Waals surface area contributed by atoms with E-state index in [2.05, 4.69) is 33.9 Å². The molecule has 0 radical (unpaired) electrons. The van der Waals surface area contributed by atoms with Crippen LogP contribution in [0.4, 0.5) is 10.3 Å². The van der Waals surface area contributed by atoms with Gasteiger partial charge < -0.3 is 19.3 Å². The molecule has 1 atom stereocenters. The summed E-state index contributed by atoms with van der Waals surface area (Å²) in [6.07, 6.45) is 4.80. The molecule has 0 saturated carbocycles. The van der Waals surface area contributed by atoms with Crippen molar-refractivity contribution in [1.29, 1.82) is 0 Å². The Morgan fingerprint density at radius 3 is 2.12 bits per heavy atom. The van der Waals surface area contributed by atoms with Crippen LogP contribution in [0.3, 0.4) is 0 Å². The minimum absolute atomic E-state index is 0.0441. The molecule has 0 unspecified atom stereocenters. The summed E-state index contributed by atoms with van der Waals surface area (Å²) in [7, 11) is -0.966. The van der Waals surface area contributed by atoms with Crippen molar-refractivity contribution in [3.63, 3.8) is 0 Å². The fourth-order valence-electron chi connectivity index (χ4n) is 4.31. The molecule has 2 heterocycles. The summed E-state index contributed by atoms with van der Waals surface area (Å²) in [6.45, 7) is 0.0540. The summed E-state index contributed by atoms with van der Waals surface area (Å²) < 4.78 is 61.2. The molecule has 0 saturated heterocycles. The van der Waals surface area contributed by atoms with Crippen LogP contribution in [0.15, 0.2) is 60.7 Å². The van der Waals surface area contributed by atoms with E-state index in [1.54, 1.807) is 36.4 Å². The van der Waals surface area contributed by atoms with Gasteiger partial charge in [-0.2, -0.15) is 0 Å². The van der Waals surface area contributed by atoms with E-state index >= 15 is 0 Å². The minimum Gasteiger partial charge on any atom is -0.494 e. The first-order valence-electron chi connectivity index (χ1n) is 13.2. The highest BCUT2D eigenvalue weighted by Gasteiger charge is 2.34. The lowest BCUT2D eigenvalue weighted by Gasteiger charge is -2.31. The van der Waals surface area contributed by atoms with Gasteiger partial charge in [-0.05, 0) is 60.4 Å². The van der Waals surface area contributed by atoms with E-state index in [-0.39, 0.29) is 23.9 Å². The number of nitrogens with zero attached hydrogens (tertiary/aromatic N) is 5. The fraction of sp³-hybridized carbons (Fsp3) is 0.345. The van der Waals surface area contributed by atoms with Gasteiger partial charge in [0.2, 0.25) is 21.9 Å². The standard InChI is InChI=1S/C29H36FN5O6S2/c1-39-24-10-8-11-25(40-2)27(24)35-28(22-9-7-12-26(31-22)41-3)32-33-29(35)34(17-18-42(4,5)6)43(37,38)19-23(36)20-13-15-21(30)16-14-20/h7-16,23,36H,17-19H2,1-6H3/t23-/m1/s1. The van der Waals surface area contributed by atoms with Crippen LogP contribution >= 0.6 is 10.0 Å². The van der Waals surface area contributed by atoms with Crippen molar-refractivity contribution >= 4 is 26.0 Å². The van der Waals surface area contributed by atoms with Gasteiger partial charge in [0.05, 0.1) is 33.2 Å². The Hall–Kier alpha value is -3.88. The van der Waals surface area contributed by atoms with Crippen LogP contribution in [-0.4, -0.2) is 91.4 Å². The van der Waals surface area contributed by atoms with Crippen LogP contribution in [0, 0.1) is 5.82 Å². The monoisotopic (exact) mass is 633 g/mol. The number of sulfonamides is 1. The summed E-state index contributed by atoms with van der Waals surface area (Å²) in [5, 5.41) is 19.7. The summed E-state index contributed by atoms with van der Waals surface area (Å²) in [5.41, 5.74) is 0.978. The molecule has 4 rings (SSSR count). The SMILES string of the molecule is COc1cccc(-c2nnc(N(CCS(C)(C)C)S(=O)(=O)C[C@@H](O)c3ccc(F)cc3)n2-c2c(OC)cccc2OC)n1. The number of hydrogen-bond acceptors (Lipinski definition) is 9. The van der Waals surface area contributed by atoms with Gasteiger partial charge in [-0.1, -0.05) is 24.3 Å². The first kappa shape index (κ1) is 32.0. The number of benzene rings is 2. The number of methoxy groups -OCH3 is 3. The molecule has 1 N–H and O–H groups in total. The maximum Gasteiger partial charge on any atom is 0.246 e. The van der Waals surface area contributed by atoms with Crippen LogP contribution in [-0.2, 0) is 10.0 Å². The fourth-order valence-corrected chi connectivity index (χ4v) is 6.66. The van der Waals surface area contributed by atoms with E-state index in [0.29, 0.717) is 34.5 Å². The molecule has 11 nitrogen and oxygen atoms in total. The quantitative estimate of drug-likeness (QED) is 0.232. The van der Waals surface area contributed by atoms with Gasteiger partial charge in [0.15, 0.2) is 5.82 Å². The second-order valence-electron chi connectivity index (χ2n) is 10.4. The minimum atomic E-state index is -4.25. The molecule has 43 heavy (non-hydrogen) atoms. The van der Waals surface area contributed by atoms with E-state index in [1.165, 1.54) is 50.2 Å². The normalized spacial score (nSPS) is 12.9. The molecule has 0 spiro atoms. The molecule has 232 valence electrons. The Balaban J connectivity index is 1.95. The van der Waals surface area contributed by atoms with E-state index in [9.17, 15) is 17.9 Å². The largest absolute Gasteiger partial charge is 0.494 e. The van der Waals surface area contributed by atoms with Crippen molar-refractivity contribution in [3.05, 3.63) is 72.0 Å². The molecule has 2 aromatic heterocycles. The number of halogens is 1. The number of para-hydroxylation sites is 1. The van der Waals surface area contributed by atoms with Crippen molar-refractivity contribution in [3.8, 4) is 34.6 Å². The van der Waals surface area contributed by atoms with E-state index in [1.807, 2.05) is 0 Å². The smallest absolute Gasteiger partial charge is 0.246 e. The lowest BCUT2D eigenvalue weighted by Crippen LogP contribution is -2.39. The molecule has 0 aliphatic heterocycles. The Morgan fingerprint density at radius 1 is 0.907 bits per heavy atom. The predicted octanol–water partition coefficient (Wildman–Crippen LogP) is 4.06. The number of rotatable bonds is 13. The van der Waals surface area contributed by atoms with Crippen molar-refractivity contribution in [2.24, 2.45) is 0 Å². The van der Waals surface area contributed by atoms with Gasteiger partial charge in [0.25, 0.3) is 0 Å². The highest BCUT2D eigenvalue weighted by molar-refractivity contribution is 8.32. The summed E-state index contributed by atoms with van der Waals surface area (Å²) in [4.78, 5) is 4.51. The van der Waals surface area contributed by atoms with Gasteiger partial charge in [-0.15, -0.1) is 10.2 Å². The third-order valence-corrected chi connectivity index (χ3v) is 9.68. The Kier molecular flexibility index (Phi) is 9.82. The average molecular weight is 634 g/mol. The molecule has 0 fully saturated rings. The Morgan fingerprint density at radius 2 is 1.53 bits per heavy atom. The van der Waals surface area contributed by atoms with Crippen LogP contribution in [0.25, 0.3) is 17.2 Å². The number of hydrogen-bond donors (Lipinski definition) is 1. The number of aliphatic hydroxyl groups excluding tert-OH is 1. The van der Waals surface area contributed by atoms with E-state index < -0.39 is 37.7 Å². The van der Waals surface area contributed by atoms with Gasteiger partial charge in [-0.25, -0.2) is 32.1 Å². The summed E-state index contributed by atoms with van der Waals surface area (Å²) in [6, 6.07) is 15.3. The van der Waals surface area contributed by atoms with Crippen molar-refractivity contribution in [1.82, 2.24) is 19.7 Å². The summed E-state index contributed by atoms with van der Waals surface area (Å²) in [5.74, 6) is 0.582. The Labute approximate surface area is 252 Å². The van der Waals surface area contributed by atoms with Gasteiger partial charge in [0.1, 0.15) is 28.7 Å². The average Bonchev–Trinajstić information content (AvgIpc) is 3.40. The predicted molar refractivity (Wildman–Crippen MR) is 167 cm³/mol. The number of pyridine rings is 1. The van der Waals surface area contributed by atoms with Crippen LogP contribution in [0.2, 0.25) is 0 Å². The Bertz CT molecular complexity index is 1640. The van der Waals surface area contributed by atoms with E-state index in [4.69, 9.17) is 14.2 Å².